The molecule has 2 amide bonds. The molecular weight excluding hydrogens is 408 g/mol. The number of nitrogens with one attached hydrogen (secondary N) is 1. The number of nitro groups is 1. The van der Waals surface area contributed by atoms with Crippen LogP contribution in [-0.2, 0) is 4.74 Å². The van der Waals surface area contributed by atoms with Crippen LogP contribution in [0, 0.1) is 10.1 Å². The average Bonchev–Trinajstić information content (AvgIpc) is 3.28. The molecule has 0 bridgehead atoms. The van der Waals surface area contributed by atoms with Gasteiger partial charge >= 0.3 is 6.09 Å². The van der Waals surface area contributed by atoms with Gasteiger partial charge in [-0.3, -0.25) is 14.9 Å². The molecule has 2 heterocycles. The Morgan fingerprint density at radius 3 is 2.77 bits per heavy atom. The largest absolute Gasteiger partial charge is 0.444 e. The van der Waals surface area contributed by atoms with Gasteiger partial charge in [0.2, 0.25) is 0 Å². The number of hydrogen-bond acceptors (Lipinski definition) is 7. The van der Waals surface area contributed by atoms with Crippen molar-refractivity contribution in [2.75, 3.05) is 6.54 Å². The maximum atomic E-state index is 13.0. The molecule has 3 rings (SSSR count). The van der Waals surface area contributed by atoms with E-state index >= 15 is 0 Å². The van der Waals surface area contributed by atoms with Gasteiger partial charge in [-0.1, -0.05) is 12.1 Å². The van der Waals surface area contributed by atoms with E-state index in [1.165, 1.54) is 23.5 Å². The lowest BCUT2D eigenvalue weighted by molar-refractivity contribution is -0.384. The Bertz CT molecular complexity index is 968. The first kappa shape index (κ1) is 21.7. The molecule has 30 heavy (non-hydrogen) atoms. The van der Waals surface area contributed by atoms with E-state index in [-0.39, 0.29) is 29.4 Å². The number of alkyl carbamates (subject to hydrolysis) is 1. The smallest absolute Gasteiger partial charge is 0.407 e. The van der Waals surface area contributed by atoms with Crippen molar-refractivity contribution in [3.8, 4) is 10.6 Å². The number of ether oxygens (including phenoxy) is 1. The second kappa shape index (κ2) is 8.39. The summed E-state index contributed by atoms with van der Waals surface area (Å²) in [5, 5.41) is 16.0. The quantitative estimate of drug-likeness (QED) is 0.580. The maximum Gasteiger partial charge on any atom is 0.407 e. The number of thiazole rings is 1. The number of likely N-dealkylation sites (tertiary alicyclic amines) is 1. The van der Waals surface area contributed by atoms with Gasteiger partial charge in [0.15, 0.2) is 0 Å². The summed E-state index contributed by atoms with van der Waals surface area (Å²) in [7, 11) is 0. The Morgan fingerprint density at radius 1 is 1.37 bits per heavy atom. The zero-order valence-electron chi connectivity index (χ0n) is 17.2. The van der Waals surface area contributed by atoms with Gasteiger partial charge in [0.1, 0.15) is 16.3 Å². The Balaban J connectivity index is 1.68. The van der Waals surface area contributed by atoms with Crippen molar-refractivity contribution in [3.05, 3.63) is 45.5 Å². The highest BCUT2D eigenvalue weighted by atomic mass is 32.1. The van der Waals surface area contributed by atoms with Gasteiger partial charge in [0.25, 0.3) is 11.6 Å². The molecule has 0 saturated carbocycles. The van der Waals surface area contributed by atoms with Gasteiger partial charge in [-0.05, 0) is 34.1 Å². The molecule has 0 radical (unpaired) electrons. The molecule has 160 valence electrons. The van der Waals surface area contributed by atoms with Gasteiger partial charge in [0, 0.05) is 35.7 Å². The summed E-state index contributed by atoms with van der Waals surface area (Å²) in [6, 6.07) is 5.73. The molecule has 10 heteroatoms. The standard InChI is InChI=1S/C20H24N4O5S/c1-12-15(22-19(26)29-20(2,3)4)8-9-23(12)18(25)16-11-30-17(21-16)13-6-5-7-14(10-13)24(27)28/h5-7,10-12,15H,8-9H2,1-4H3,(H,22,26)/t12-,15+/m1/s1. The number of rotatable bonds is 4. The first-order valence-corrected chi connectivity index (χ1v) is 10.4. The van der Waals surface area contributed by atoms with Crippen molar-refractivity contribution in [2.45, 2.75) is 51.8 Å². The molecule has 2 aromatic rings. The number of carbonyl (C=O) groups excluding carboxylic acids is 2. The Labute approximate surface area is 178 Å². The molecular formula is C20H24N4O5S. The topological polar surface area (TPSA) is 115 Å². The number of nitrogens with zero attached hydrogens (tertiary/aromatic N) is 3. The van der Waals surface area contributed by atoms with Crippen LogP contribution in [0.15, 0.2) is 29.6 Å². The molecule has 0 unspecified atom stereocenters. The number of non-ortho nitro benzene ring substituents is 1. The van der Waals surface area contributed by atoms with E-state index in [0.717, 1.165) is 0 Å². The summed E-state index contributed by atoms with van der Waals surface area (Å²) in [6.45, 7) is 7.75. The van der Waals surface area contributed by atoms with Crippen LogP contribution in [-0.4, -0.2) is 51.0 Å². The van der Waals surface area contributed by atoms with E-state index in [1.807, 2.05) is 6.92 Å². The summed E-state index contributed by atoms with van der Waals surface area (Å²) in [6.07, 6.45) is 0.115. The van der Waals surface area contributed by atoms with Crippen LogP contribution in [0.3, 0.4) is 0 Å². The van der Waals surface area contributed by atoms with Gasteiger partial charge in [-0.15, -0.1) is 11.3 Å². The van der Waals surface area contributed by atoms with Crippen molar-refractivity contribution in [3.63, 3.8) is 0 Å². The zero-order chi connectivity index (χ0) is 22.1. The number of aromatic nitrogens is 1. The van der Waals surface area contributed by atoms with Gasteiger partial charge in [0.05, 0.1) is 11.0 Å². The molecule has 0 aliphatic carbocycles. The zero-order valence-corrected chi connectivity index (χ0v) is 18.1. The van der Waals surface area contributed by atoms with E-state index in [4.69, 9.17) is 4.74 Å². The fourth-order valence-corrected chi connectivity index (χ4v) is 4.07. The first-order chi connectivity index (χ1) is 14.0. The molecule has 1 saturated heterocycles. The van der Waals surface area contributed by atoms with Crippen LogP contribution in [0.2, 0.25) is 0 Å². The van der Waals surface area contributed by atoms with Crippen molar-refractivity contribution >= 4 is 29.0 Å². The lowest BCUT2D eigenvalue weighted by atomic mass is 10.1. The third-order valence-electron chi connectivity index (χ3n) is 4.75. The highest BCUT2D eigenvalue weighted by molar-refractivity contribution is 7.13. The number of nitro benzene ring substituents is 1. The summed E-state index contributed by atoms with van der Waals surface area (Å²) in [5.74, 6) is -0.232. The summed E-state index contributed by atoms with van der Waals surface area (Å²) >= 11 is 1.26. The molecule has 1 aromatic carbocycles. The number of benzene rings is 1. The van der Waals surface area contributed by atoms with Gasteiger partial charge < -0.3 is 15.0 Å². The molecule has 1 aliphatic rings. The lowest BCUT2D eigenvalue weighted by Crippen LogP contribution is -2.46. The minimum Gasteiger partial charge on any atom is -0.444 e. The normalized spacial score (nSPS) is 18.9. The third kappa shape index (κ3) is 4.93. The van der Waals surface area contributed by atoms with Crippen LogP contribution < -0.4 is 5.32 Å². The summed E-state index contributed by atoms with van der Waals surface area (Å²) in [5.41, 5.74) is 0.253. The van der Waals surface area contributed by atoms with Gasteiger partial charge in [-0.2, -0.15) is 0 Å². The molecule has 2 atom stereocenters. The molecule has 0 spiro atoms. The predicted octanol–water partition coefficient (Wildman–Crippen LogP) is 3.85. The van der Waals surface area contributed by atoms with E-state index < -0.39 is 16.6 Å². The minimum atomic E-state index is -0.592. The van der Waals surface area contributed by atoms with E-state index in [1.54, 1.807) is 43.2 Å². The predicted molar refractivity (Wildman–Crippen MR) is 112 cm³/mol. The number of hydrogen-bond donors (Lipinski definition) is 1. The third-order valence-corrected chi connectivity index (χ3v) is 5.64. The second-order valence-corrected chi connectivity index (χ2v) is 8.98. The SMILES string of the molecule is C[C@@H]1[C@@H](NC(=O)OC(C)(C)C)CCN1C(=O)c1csc(-c2cccc([N+](=O)[O-])c2)n1. The molecule has 9 nitrogen and oxygen atoms in total. The van der Waals surface area contributed by atoms with E-state index in [0.29, 0.717) is 23.5 Å². The van der Waals surface area contributed by atoms with Crippen molar-refractivity contribution in [1.29, 1.82) is 0 Å². The summed E-state index contributed by atoms with van der Waals surface area (Å²) in [4.78, 5) is 41.6. The fraction of sp³-hybridized carbons (Fsp3) is 0.450. The average molecular weight is 433 g/mol. The van der Waals surface area contributed by atoms with Crippen LogP contribution in [0.4, 0.5) is 10.5 Å². The van der Waals surface area contributed by atoms with Crippen LogP contribution in [0.5, 0.6) is 0 Å². The summed E-state index contributed by atoms with van der Waals surface area (Å²) < 4.78 is 5.29. The van der Waals surface area contributed by atoms with Crippen molar-refractivity contribution in [1.82, 2.24) is 15.2 Å². The monoisotopic (exact) mass is 432 g/mol. The van der Waals surface area contributed by atoms with E-state index in [9.17, 15) is 19.7 Å². The molecule has 1 fully saturated rings. The Hall–Kier alpha value is -3.01. The lowest BCUT2D eigenvalue weighted by Gasteiger charge is -2.26. The van der Waals surface area contributed by atoms with Gasteiger partial charge in [-0.25, -0.2) is 9.78 Å². The van der Waals surface area contributed by atoms with Crippen LogP contribution in [0.1, 0.15) is 44.6 Å². The van der Waals surface area contributed by atoms with Crippen LogP contribution in [0.25, 0.3) is 10.6 Å². The first-order valence-electron chi connectivity index (χ1n) is 9.56. The molecule has 1 aromatic heterocycles. The van der Waals surface area contributed by atoms with Crippen LogP contribution >= 0.6 is 11.3 Å². The Morgan fingerprint density at radius 2 is 2.10 bits per heavy atom. The van der Waals surface area contributed by atoms with Crippen molar-refractivity contribution < 1.29 is 19.2 Å². The number of amides is 2. The van der Waals surface area contributed by atoms with Crippen molar-refractivity contribution in [2.24, 2.45) is 0 Å². The molecule has 1 N–H and O–H groups in total. The number of carbonyl (C=O) groups is 2. The Kier molecular flexibility index (Phi) is 6.06. The fourth-order valence-electron chi connectivity index (χ4n) is 3.28. The molecule has 1 aliphatic heterocycles. The second-order valence-electron chi connectivity index (χ2n) is 8.13. The highest BCUT2D eigenvalue weighted by Crippen LogP contribution is 2.28. The maximum absolute atomic E-state index is 13.0. The van der Waals surface area contributed by atoms with E-state index in [2.05, 4.69) is 10.3 Å². The minimum absolute atomic E-state index is 0.0280. The highest BCUT2D eigenvalue weighted by Gasteiger charge is 2.36.